The fourth-order valence-electron chi connectivity index (χ4n) is 3.18. The molecule has 0 saturated carbocycles. The molecule has 0 aliphatic carbocycles. The first-order valence-electron chi connectivity index (χ1n) is 7.54. The summed E-state index contributed by atoms with van der Waals surface area (Å²) in [6, 6.07) is 6.08. The highest BCUT2D eigenvalue weighted by Crippen LogP contribution is 2.24. The molecule has 1 saturated heterocycles. The molecule has 4 nitrogen and oxygen atoms in total. The third-order valence-corrected chi connectivity index (χ3v) is 4.55. The zero-order valence-electron chi connectivity index (χ0n) is 12.5. The molecule has 20 heavy (non-hydrogen) atoms. The van der Waals surface area contributed by atoms with Crippen molar-refractivity contribution in [2.75, 3.05) is 25.9 Å². The number of hydrogen-bond acceptors (Lipinski definition) is 3. The SMILES string of the molecule is Cc1nn(CCC2CCN(C)CC2)c2cc(N)ccc12. The van der Waals surface area contributed by atoms with Crippen molar-refractivity contribution in [3.05, 3.63) is 23.9 Å². The number of nitrogens with two attached hydrogens (primary N) is 1. The number of piperidine rings is 1. The summed E-state index contributed by atoms with van der Waals surface area (Å²) >= 11 is 0. The molecule has 3 rings (SSSR count). The highest BCUT2D eigenvalue weighted by Gasteiger charge is 2.17. The number of benzene rings is 1. The average Bonchev–Trinajstić information content (AvgIpc) is 2.74. The van der Waals surface area contributed by atoms with Gasteiger partial charge in [-0.2, -0.15) is 5.10 Å². The minimum absolute atomic E-state index is 0.818. The summed E-state index contributed by atoms with van der Waals surface area (Å²) < 4.78 is 2.14. The number of hydrogen-bond donors (Lipinski definition) is 1. The number of rotatable bonds is 3. The third kappa shape index (κ3) is 2.66. The highest BCUT2D eigenvalue weighted by atomic mass is 15.3. The molecule has 1 fully saturated rings. The van der Waals surface area contributed by atoms with Gasteiger partial charge < -0.3 is 10.6 Å². The van der Waals surface area contributed by atoms with E-state index >= 15 is 0 Å². The summed E-state index contributed by atoms with van der Waals surface area (Å²) in [6.07, 6.45) is 3.85. The number of aryl methyl sites for hydroxylation is 2. The van der Waals surface area contributed by atoms with Crippen LogP contribution >= 0.6 is 0 Å². The van der Waals surface area contributed by atoms with E-state index in [4.69, 9.17) is 5.73 Å². The lowest BCUT2D eigenvalue weighted by molar-refractivity contribution is 0.207. The average molecular weight is 272 g/mol. The van der Waals surface area contributed by atoms with Crippen LogP contribution in [-0.4, -0.2) is 34.8 Å². The minimum atomic E-state index is 0.818. The van der Waals surface area contributed by atoms with Crippen LogP contribution in [0.1, 0.15) is 25.0 Å². The Morgan fingerprint density at radius 1 is 1.30 bits per heavy atom. The predicted octanol–water partition coefficient (Wildman–Crippen LogP) is 2.66. The van der Waals surface area contributed by atoms with Gasteiger partial charge in [-0.25, -0.2) is 0 Å². The molecule has 0 unspecified atom stereocenters. The van der Waals surface area contributed by atoms with Gasteiger partial charge in [0.1, 0.15) is 0 Å². The Labute approximate surface area is 120 Å². The van der Waals surface area contributed by atoms with Crippen LogP contribution in [0, 0.1) is 12.8 Å². The standard InChI is InChI=1S/C16H24N4/c1-12-15-4-3-14(17)11-16(15)20(18-12)10-7-13-5-8-19(2)9-6-13/h3-4,11,13H,5-10,17H2,1-2H3. The quantitative estimate of drug-likeness (QED) is 0.874. The van der Waals surface area contributed by atoms with Gasteiger partial charge in [-0.3, -0.25) is 4.68 Å². The lowest BCUT2D eigenvalue weighted by Gasteiger charge is -2.28. The lowest BCUT2D eigenvalue weighted by Crippen LogP contribution is -2.30. The first kappa shape index (κ1) is 13.4. The Kier molecular flexibility index (Phi) is 3.66. The molecule has 2 N–H and O–H groups in total. The molecule has 1 aliphatic heterocycles. The van der Waals surface area contributed by atoms with Gasteiger partial charge in [-0.05, 0) is 70.4 Å². The molecule has 108 valence electrons. The highest BCUT2D eigenvalue weighted by molar-refractivity contribution is 5.84. The van der Waals surface area contributed by atoms with Gasteiger partial charge >= 0.3 is 0 Å². The van der Waals surface area contributed by atoms with Crippen LogP contribution in [0.15, 0.2) is 18.2 Å². The number of nitrogen functional groups attached to an aromatic ring is 1. The maximum Gasteiger partial charge on any atom is 0.0705 e. The molecule has 0 amide bonds. The van der Waals surface area contributed by atoms with E-state index in [9.17, 15) is 0 Å². The van der Waals surface area contributed by atoms with E-state index < -0.39 is 0 Å². The fourth-order valence-corrected chi connectivity index (χ4v) is 3.18. The summed E-state index contributed by atoms with van der Waals surface area (Å²) in [4.78, 5) is 2.42. The van der Waals surface area contributed by atoms with E-state index in [2.05, 4.69) is 34.7 Å². The summed E-state index contributed by atoms with van der Waals surface area (Å²) in [5, 5.41) is 5.91. The summed E-state index contributed by atoms with van der Waals surface area (Å²) in [7, 11) is 2.21. The Morgan fingerprint density at radius 2 is 2.05 bits per heavy atom. The van der Waals surface area contributed by atoms with Gasteiger partial charge in [0, 0.05) is 17.6 Å². The Bertz CT molecular complexity index is 594. The third-order valence-electron chi connectivity index (χ3n) is 4.55. The predicted molar refractivity (Wildman–Crippen MR) is 83.7 cm³/mol. The van der Waals surface area contributed by atoms with Crippen molar-refractivity contribution in [1.29, 1.82) is 0 Å². The van der Waals surface area contributed by atoms with Gasteiger partial charge in [0.25, 0.3) is 0 Å². The second-order valence-corrected chi connectivity index (χ2v) is 6.12. The number of aromatic nitrogens is 2. The van der Waals surface area contributed by atoms with E-state index in [0.717, 1.165) is 23.8 Å². The Hall–Kier alpha value is -1.55. The van der Waals surface area contributed by atoms with E-state index in [1.807, 2.05) is 12.1 Å². The number of anilines is 1. The van der Waals surface area contributed by atoms with Gasteiger partial charge in [-0.15, -0.1) is 0 Å². The minimum Gasteiger partial charge on any atom is -0.399 e. The van der Waals surface area contributed by atoms with E-state index in [-0.39, 0.29) is 0 Å². The molecule has 4 heteroatoms. The van der Waals surface area contributed by atoms with Crippen molar-refractivity contribution in [3.63, 3.8) is 0 Å². The zero-order valence-corrected chi connectivity index (χ0v) is 12.5. The van der Waals surface area contributed by atoms with Gasteiger partial charge in [0.2, 0.25) is 0 Å². The zero-order chi connectivity index (χ0) is 14.1. The van der Waals surface area contributed by atoms with Gasteiger partial charge in [0.15, 0.2) is 0 Å². The van der Waals surface area contributed by atoms with Crippen molar-refractivity contribution < 1.29 is 0 Å². The Balaban J connectivity index is 1.73. The normalized spacial score (nSPS) is 17.9. The second-order valence-electron chi connectivity index (χ2n) is 6.12. The summed E-state index contributed by atoms with van der Waals surface area (Å²) in [5.74, 6) is 0.840. The van der Waals surface area contributed by atoms with Crippen LogP contribution in [-0.2, 0) is 6.54 Å². The first-order valence-corrected chi connectivity index (χ1v) is 7.54. The number of likely N-dealkylation sites (tertiary alicyclic amines) is 1. The summed E-state index contributed by atoms with van der Waals surface area (Å²) in [5.41, 5.74) is 9.00. The van der Waals surface area contributed by atoms with E-state index in [0.29, 0.717) is 0 Å². The van der Waals surface area contributed by atoms with E-state index in [1.165, 1.54) is 43.3 Å². The van der Waals surface area contributed by atoms with Crippen LogP contribution in [0.3, 0.4) is 0 Å². The molecule has 0 bridgehead atoms. The molecule has 2 heterocycles. The first-order chi connectivity index (χ1) is 9.63. The van der Waals surface area contributed by atoms with Crippen LogP contribution in [0.25, 0.3) is 10.9 Å². The topological polar surface area (TPSA) is 47.1 Å². The van der Waals surface area contributed by atoms with Crippen LogP contribution in [0.4, 0.5) is 5.69 Å². The van der Waals surface area contributed by atoms with Crippen LogP contribution in [0.5, 0.6) is 0 Å². The maximum absolute atomic E-state index is 5.91. The fraction of sp³-hybridized carbons (Fsp3) is 0.562. The lowest BCUT2D eigenvalue weighted by atomic mass is 9.94. The van der Waals surface area contributed by atoms with Crippen molar-refractivity contribution in [2.24, 2.45) is 5.92 Å². The van der Waals surface area contributed by atoms with Crippen molar-refractivity contribution in [2.45, 2.75) is 32.7 Å². The molecule has 1 aromatic heterocycles. The monoisotopic (exact) mass is 272 g/mol. The maximum atomic E-state index is 5.91. The van der Waals surface area contributed by atoms with Crippen LogP contribution < -0.4 is 5.73 Å². The largest absolute Gasteiger partial charge is 0.399 e. The van der Waals surface area contributed by atoms with E-state index in [1.54, 1.807) is 0 Å². The summed E-state index contributed by atoms with van der Waals surface area (Å²) in [6.45, 7) is 5.54. The molecule has 1 aliphatic rings. The molecular weight excluding hydrogens is 248 g/mol. The molecule has 2 aromatic rings. The molecule has 1 aromatic carbocycles. The number of nitrogens with zero attached hydrogens (tertiary/aromatic N) is 3. The molecule has 0 spiro atoms. The second kappa shape index (κ2) is 5.44. The molecule has 0 atom stereocenters. The van der Waals surface area contributed by atoms with Gasteiger partial charge in [0.05, 0.1) is 11.2 Å². The Morgan fingerprint density at radius 3 is 2.80 bits per heavy atom. The van der Waals surface area contributed by atoms with Crippen molar-refractivity contribution in [3.8, 4) is 0 Å². The smallest absolute Gasteiger partial charge is 0.0705 e. The molecular formula is C16H24N4. The van der Waals surface area contributed by atoms with Crippen molar-refractivity contribution in [1.82, 2.24) is 14.7 Å². The van der Waals surface area contributed by atoms with Crippen LogP contribution in [0.2, 0.25) is 0 Å². The number of fused-ring (bicyclic) bond motifs is 1. The molecule has 0 radical (unpaired) electrons. The van der Waals surface area contributed by atoms with Crippen molar-refractivity contribution >= 4 is 16.6 Å². The van der Waals surface area contributed by atoms with Gasteiger partial charge in [-0.1, -0.05) is 0 Å².